The number of hydrogen-bond donors (Lipinski definition) is 1. The molecule has 0 aliphatic carbocycles. The molecular weight excluding hydrogens is 390 g/mol. The second-order valence-corrected chi connectivity index (χ2v) is 9.11. The number of aryl methyl sites for hydroxylation is 2. The number of hydrogen-bond acceptors (Lipinski definition) is 4. The molecule has 1 aliphatic heterocycles. The summed E-state index contributed by atoms with van der Waals surface area (Å²) in [7, 11) is 1.80. The van der Waals surface area contributed by atoms with Gasteiger partial charge >= 0.3 is 0 Å². The number of benzene rings is 2. The minimum absolute atomic E-state index is 0.0216. The van der Waals surface area contributed by atoms with E-state index in [2.05, 4.69) is 46.1 Å². The largest absolute Gasteiger partial charge is 0.350 e. The van der Waals surface area contributed by atoms with Crippen LogP contribution in [-0.4, -0.2) is 42.0 Å². The Labute approximate surface area is 184 Å². The maximum atomic E-state index is 13.0. The smallest absolute Gasteiger partial charge is 0.251 e. The van der Waals surface area contributed by atoms with Gasteiger partial charge in [-0.05, 0) is 49.4 Å². The fourth-order valence-corrected chi connectivity index (χ4v) is 4.82. The van der Waals surface area contributed by atoms with Gasteiger partial charge in [-0.3, -0.25) is 14.7 Å². The summed E-state index contributed by atoms with van der Waals surface area (Å²) >= 11 is 1.60. The topological polar surface area (TPSA) is 44.7 Å². The Morgan fingerprint density at radius 3 is 2.50 bits per heavy atom. The lowest BCUT2D eigenvalue weighted by Crippen LogP contribution is -2.46. The standard InChI is InChI=1S/C25H31N3OS/c1-17-9-8-10-18(2)24(17)25(29)27-15-23(19(3)30-20(4)26-5)28-14-13-21-11-6-7-12-22(21)16-28/h6-12,23H,3,13-16H2,1-2,4-5H3,(H,27,29)/b26-20-. The molecule has 3 rings (SSSR count). The van der Waals surface area contributed by atoms with Gasteiger partial charge in [0.1, 0.15) is 0 Å². The highest BCUT2D eigenvalue weighted by molar-refractivity contribution is 8.17. The van der Waals surface area contributed by atoms with Crippen molar-refractivity contribution in [1.29, 1.82) is 0 Å². The molecule has 30 heavy (non-hydrogen) atoms. The van der Waals surface area contributed by atoms with Crippen molar-refractivity contribution >= 4 is 22.7 Å². The van der Waals surface area contributed by atoms with Crippen molar-refractivity contribution in [3.8, 4) is 0 Å². The zero-order chi connectivity index (χ0) is 21.7. The molecule has 1 atom stereocenters. The van der Waals surface area contributed by atoms with E-state index in [-0.39, 0.29) is 11.9 Å². The van der Waals surface area contributed by atoms with Crippen molar-refractivity contribution in [2.24, 2.45) is 4.99 Å². The van der Waals surface area contributed by atoms with E-state index in [9.17, 15) is 4.79 Å². The Bertz CT molecular complexity index is 946. The summed E-state index contributed by atoms with van der Waals surface area (Å²) in [6, 6.07) is 14.6. The van der Waals surface area contributed by atoms with Gasteiger partial charge in [0, 0.05) is 37.2 Å². The predicted molar refractivity (Wildman–Crippen MR) is 128 cm³/mol. The van der Waals surface area contributed by atoms with E-state index >= 15 is 0 Å². The molecule has 1 heterocycles. The van der Waals surface area contributed by atoms with Gasteiger partial charge < -0.3 is 5.32 Å². The van der Waals surface area contributed by atoms with Crippen LogP contribution in [-0.2, 0) is 13.0 Å². The molecule has 2 aromatic rings. The first-order valence-corrected chi connectivity index (χ1v) is 11.2. The predicted octanol–water partition coefficient (Wildman–Crippen LogP) is 4.76. The van der Waals surface area contributed by atoms with Crippen LogP contribution in [0, 0.1) is 13.8 Å². The summed E-state index contributed by atoms with van der Waals surface area (Å²) in [6.45, 7) is 12.6. The summed E-state index contributed by atoms with van der Waals surface area (Å²) in [5.41, 5.74) is 5.53. The van der Waals surface area contributed by atoms with Gasteiger partial charge in [0.05, 0.1) is 11.1 Å². The third-order valence-corrected chi connectivity index (χ3v) is 6.74. The van der Waals surface area contributed by atoms with Crippen LogP contribution in [0.25, 0.3) is 0 Å². The monoisotopic (exact) mass is 421 g/mol. The van der Waals surface area contributed by atoms with Crippen LogP contribution in [0.15, 0.2) is 58.9 Å². The Hall–Kier alpha value is -2.37. The van der Waals surface area contributed by atoms with Gasteiger partial charge in [-0.15, -0.1) is 0 Å². The first-order valence-electron chi connectivity index (χ1n) is 10.4. The SMILES string of the molecule is C=C(S/C(C)=N\C)C(CNC(=O)c1c(C)cccc1C)N1CCc2ccccc2C1. The molecule has 1 N–H and O–H groups in total. The van der Waals surface area contributed by atoms with Gasteiger partial charge in [-0.25, -0.2) is 0 Å². The fraction of sp³-hybridized carbons (Fsp3) is 0.360. The minimum Gasteiger partial charge on any atom is -0.350 e. The maximum absolute atomic E-state index is 13.0. The van der Waals surface area contributed by atoms with E-state index in [0.29, 0.717) is 6.54 Å². The number of fused-ring (bicyclic) bond motifs is 1. The normalized spacial score (nSPS) is 15.4. The molecule has 0 bridgehead atoms. The molecule has 1 unspecified atom stereocenters. The average molecular weight is 422 g/mol. The molecule has 0 aromatic heterocycles. The number of nitrogens with zero attached hydrogens (tertiary/aromatic N) is 2. The van der Waals surface area contributed by atoms with E-state index in [4.69, 9.17) is 0 Å². The second kappa shape index (κ2) is 10.1. The second-order valence-electron chi connectivity index (χ2n) is 7.79. The average Bonchev–Trinajstić information content (AvgIpc) is 2.73. The quantitative estimate of drug-likeness (QED) is 0.540. The number of carbonyl (C=O) groups excluding carboxylic acids is 1. The molecule has 5 heteroatoms. The third-order valence-electron chi connectivity index (χ3n) is 5.73. The van der Waals surface area contributed by atoms with Gasteiger partial charge in [-0.1, -0.05) is 60.8 Å². The molecule has 0 saturated heterocycles. The van der Waals surface area contributed by atoms with Crippen LogP contribution >= 0.6 is 11.8 Å². The Balaban J connectivity index is 1.78. The van der Waals surface area contributed by atoms with E-state index < -0.39 is 0 Å². The molecule has 0 fully saturated rings. The molecule has 2 aromatic carbocycles. The van der Waals surface area contributed by atoms with Crippen LogP contribution in [0.3, 0.4) is 0 Å². The van der Waals surface area contributed by atoms with Crippen molar-refractivity contribution in [3.63, 3.8) is 0 Å². The molecule has 1 amide bonds. The van der Waals surface area contributed by atoms with Crippen molar-refractivity contribution in [2.75, 3.05) is 20.1 Å². The lowest BCUT2D eigenvalue weighted by Gasteiger charge is -2.36. The molecular formula is C25H31N3OS. The van der Waals surface area contributed by atoms with E-state index in [0.717, 1.165) is 46.1 Å². The van der Waals surface area contributed by atoms with Gasteiger partial charge in [0.2, 0.25) is 0 Å². The molecule has 1 aliphatic rings. The van der Waals surface area contributed by atoms with Crippen LogP contribution in [0.4, 0.5) is 0 Å². The van der Waals surface area contributed by atoms with E-state index in [1.165, 1.54) is 11.1 Å². The lowest BCUT2D eigenvalue weighted by atomic mass is 9.98. The minimum atomic E-state index is -0.0216. The Morgan fingerprint density at radius 1 is 1.17 bits per heavy atom. The number of carbonyl (C=O) groups is 1. The summed E-state index contributed by atoms with van der Waals surface area (Å²) < 4.78 is 0. The summed E-state index contributed by atoms with van der Waals surface area (Å²) in [4.78, 5) is 20.7. The third kappa shape index (κ3) is 5.21. The first-order chi connectivity index (χ1) is 14.4. The van der Waals surface area contributed by atoms with Crippen LogP contribution in [0.1, 0.15) is 39.5 Å². The highest BCUT2D eigenvalue weighted by atomic mass is 32.2. The highest BCUT2D eigenvalue weighted by Gasteiger charge is 2.27. The van der Waals surface area contributed by atoms with Gasteiger partial charge in [0.15, 0.2) is 0 Å². The maximum Gasteiger partial charge on any atom is 0.251 e. The molecule has 0 spiro atoms. The van der Waals surface area contributed by atoms with E-state index in [1.807, 2.05) is 39.0 Å². The molecule has 0 radical (unpaired) electrons. The number of rotatable bonds is 6. The highest BCUT2D eigenvalue weighted by Crippen LogP contribution is 2.28. The molecule has 4 nitrogen and oxygen atoms in total. The van der Waals surface area contributed by atoms with Crippen LogP contribution < -0.4 is 5.32 Å². The fourth-order valence-electron chi connectivity index (χ4n) is 3.98. The number of thioether (sulfide) groups is 1. The van der Waals surface area contributed by atoms with Gasteiger partial charge in [-0.2, -0.15) is 0 Å². The van der Waals surface area contributed by atoms with Gasteiger partial charge in [0.25, 0.3) is 5.91 Å². The zero-order valence-corrected chi connectivity index (χ0v) is 19.2. The molecule has 0 saturated carbocycles. The first kappa shape index (κ1) is 22.3. The van der Waals surface area contributed by atoms with Crippen molar-refractivity contribution < 1.29 is 4.79 Å². The number of amides is 1. The number of aliphatic imine (C=N–C) groups is 1. The zero-order valence-electron chi connectivity index (χ0n) is 18.4. The lowest BCUT2D eigenvalue weighted by molar-refractivity contribution is 0.0936. The Kier molecular flexibility index (Phi) is 7.51. The number of nitrogens with one attached hydrogen (secondary N) is 1. The summed E-state index contributed by atoms with van der Waals surface area (Å²) in [5, 5.41) is 4.15. The van der Waals surface area contributed by atoms with Crippen LogP contribution in [0.5, 0.6) is 0 Å². The molecule has 158 valence electrons. The van der Waals surface area contributed by atoms with E-state index in [1.54, 1.807) is 18.8 Å². The van der Waals surface area contributed by atoms with Crippen molar-refractivity contribution in [3.05, 3.63) is 81.8 Å². The summed E-state index contributed by atoms with van der Waals surface area (Å²) in [5.74, 6) is -0.0216. The Morgan fingerprint density at radius 2 is 1.83 bits per heavy atom. The van der Waals surface area contributed by atoms with Crippen molar-refractivity contribution in [1.82, 2.24) is 10.2 Å². The van der Waals surface area contributed by atoms with Crippen molar-refractivity contribution in [2.45, 2.75) is 39.8 Å². The van der Waals surface area contributed by atoms with Crippen LogP contribution in [0.2, 0.25) is 0 Å². The summed E-state index contributed by atoms with van der Waals surface area (Å²) in [6.07, 6.45) is 1.01.